The number of carbonyl (C=O) groups is 2. The molecule has 0 aliphatic carbocycles. The molecule has 0 saturated heterocycles. The molecule has 0 unspecified atom stereocenters. The highest BCUT2D eigenvalue weighted by Crippen LogP contribution is 2.17. The van der Waals surface area contributed by atoms with Crippen molar-refractivity contribution in [2.75, 3.05) is 0 Å². The third kappa shape index (κ3) is 4.26. The minimum Gasteiger partial charge on any atom is -0.364 e. The van der Waals surface area contributed by atoms with Gasteiger partial charge in [-0.3, -0.25) is 19.7 Å². The van der Waals surface area contributed by atoms with Crippen molar-refractivity contribution < 1.29 is 14.5 Å². The van der Waals surface area contributed by atoms with Crippen LogP contribution in [0.1, 0.15) is 15.9 Å². The Labute approximate surface area is 145 Å². The fraction of sp³-hybridized carbons (Fsp3) is 0. The van der Waals surface area contributed by atoms with Gasteiger partial charge in [0.1, 0.15) is 5.70 Å². The number of primary amides is 1. The van der Waals surface area contributed by atoms with Crippen molar-refractivity contribution in [1.29, 1.82) is 0 Å². The van der Waals surface area contributed by atoms with Crippen molar-refractivity contribution in [2.45, 2.75) is 0 Å². The van der Waals surface area contributed by atoms with Gasteiger partial charge in [-0.15, -0.1) is 0 Å². The second-order valence-electron chi connectivity index (χ2n) is 4.71. The zero-order chi connectivity index (χ0) is 17.7. The Hall–Kier alpha value is -3.00. The number of nitrogens with zero attached hydrogens (tertiary/aromatic N) is 1. The van der Waals surface area contributed by atoms with Crippen LogP contribution in [0.15, 0.2) is 58.7 Å². The van der Waals surface area contributed by atoms with Crippen LogP contribution in [0.5, 0.6) is 0 Å². The molecule has 0 fully saturated rings. The molecule has 0 atom stereocenters. The van der Waals surface area contributed by atoms with Crippen LogP contribution in [0, 0.1) is 10.1 Å². The fourth-order valence-electron chi connectivity index (χ4n) is 1.90. The molecule has 0 aromatic heterocycles. The van der Waals surface area contributed by atoms with Crippen LogP contribution in [-0.4, -0.2) is 16.7 Å². The fourth-order valence-corrected chi connectivity index (χ4v) is 2.36. The molecule has 2 aromatic rings. The van der Waals surface area contributed by atoms with Gasteiger partial charge in [0.05, 0.1) is 10.5 Å². The lowest BCUT2D eigenvalue weighted by Crippen LogP contribution is -2.31. The molecule has 2 amide bonds. The normalized spacial score (nSPS) is 11.0. The van der Waals surface area contributed by atoms with Crippen molar-refractivity contribution in [3.63, 3.8) is 0 Å². The highest BCUT2D eigenvalue weighted by Gasteiger charge is 2.14. The minimum atomic E-state index is -0.859. The number of nitrogens with two attached hydrogens (primary N) is 1. The summed E-state index contributed by atoms with van der Waals surface area (Å²) in [5, 5.41) is 13.2. The van der Waals surface area contributed by atoms with E-state index in [9.17, 15) is 19.7 Å². The number of benzene rings is 2. The molecular formula is C16H12BrN3O4. The van der Waals surface area contributed by atoms with Crippen LogP contribution in [0.3, 0.4) is 0 Å². The molecule has 24 heavy (non-hydrogen) atoms. The molecule has 8 heteroatoms. The van der Waals surface area contributed by atoms with Crippen molar-refractivity contribution in [3.05, 3.63) is 79.9 Å². The monoisotopic (exact) mass is 389 g/mol. The van der Waals surface area contributed by atoms with Crippen LogP contribution in [0.4, 0.5) is 5.69 Å². The number of rotatable bonds is 5. The van der Waals surface area contributed by atoms with Gasteiger partial charge in [-0.1, -0.05) is 24.3 Å². The lowest BCUT2D eigenvalue weighted by molar-refractivity contribution is -0.384. The Morgan fingerprint density at radius 1 is 1.17 bits per heavy atom. The highest BCUT2D eigenvalue weighted by atomic mass is 79.9. The molecule has 0 aliphatic heterocycles. The number of halogens is 1. The van der Waals surface area contributed by atoms with E-state index in [1.54, 1.807) is 30.3 Å². The Bertz CT molecular complexity index is 849. The van der Waals surface area contributed by atoms with Gasteiger partial charge in [-0.05, 0) is 39.7 Å². The van der Waals surface area contributed by atoms with E-state index in [1.807, 2.05) is 0 Å². The minimum absolute atomic E-state index is 0.135. The first-order chi connectivity index (χ1) is 11.4. The SMILES string of the molecule is NC(=O)/C(=C\c1cccc([N+](=O)[O-])c1)NC(=O)c1ccccc1Br. The van der Waals surface area contributed by atoms with Crippen LogP contribution in [-0.2, 0) is 4.79 Å². The molecule has 2 aromatic carbocycles. The Balaban J connectivity index is 2.31. The number of hydrogen-bond acceptors (Lipinski definition) is 4. The number of hydrogen-bond donors (Lipinski definition) is 2. The van der Waals surface area contributed by atoms with E-state index in [1.165, 1.54) is 24.3 Å². The van der Waals surface area contributed by atoms with E-state index in [4.69, 9.17) is 5.73 Å². The maximum atomic E-state index is 12.2. The molecule has 0 radical (unpaired) electrons. The second kappa shape index (κ2) is 7.51. The van der Waals surface area contributed by atoms with Gasteiger partial charge in [0.2, 0.25) is 0 Å². The van der Waals surface area contributed by atoms with Gasteiger partial charge in [0, 0.05) is 16.6 Å². The number of nitrogens with one attached hydrogen (secondary N) is 1. The van der Waals surface area contributed by atoms with Gasteiger partial charge in [-0.2, -0.15) is 0 Å². The van der Waals surface area contributed by atoms with E-state index in [0.717, 1.165) is 0 Å². The molecule has 0 saturated carbocycles. The quantitative estimate of drug-likeness (QED) is 0.464. The standard InChI is InChI=1S/C16H12BrN3O4/c17-13-7-2-1-6-12(13)16(22)19-14(15(18)21)9-10-4-3-5-11(8-10)20(23)24/h1-9H,(H2,18,21)(H,19,22)/b14-9+. The van der Waals surface area contributed by atoms with Gasteiger partial charge in [-0.25, -0.2) is 0 Å². The zero-order valence-electron chi connectivity index (χ0n) is 12.2. The Morgan fingerprint density at radius 2 is 1.88 bits per heavy atom. The van der Waals surface area contributed by atoms with Crippen molar-refractivity contribution in [3.8, 4) is 0 Å². The predicted molar refractivity (Wildman–Crippen MR) is 91.9 cm³/mol. The summed E-state index contributed by atoms with van der Waals surface area (Å²) in [5.74, 6) is -1.39. The van der Waals surface area contributed by atoms with Crippen LogP contribution >= 0.6 is 15.9 Å². The van der Waals surface area contributed by atoms with Crippen molar-refractivity contribution in [1.82, 2.24) is 5.32 Å². The summed E-state index contributed by atoms with van der Waals surface area (Å²) in [4.78, 5) is 34.1. The van der Waals surface area contributed by atoms with Crippen molar-refractivity contribution >= 4 is 39.5 Å². The molecule has 0 aliphatic rings. The highest BCUT2D eigenvalue weighted by molar-refractivity contribution is 9.10. The first-order valence-electron chi connectivity index (χ1n) is 6.70. The molecule has 2 rings (SSSR count). The molecule has 0 spiro atoms. The van der Waals surface area contributed by atoms with E-state index < -0.39 is 16.7 Å². The lowest BCUT2D eigenvalue weighted by Gasteiger charge is -2.08. The maximum Gasteiger partial charge on any atom is 0.270 e. The summed E-state index contributed by atoms with van der Waals surface area (Å²) in [5.41, 5.74) is 5.66. The smallest absolute Gasteiger partial charge is 0.270 e. The number of amides is 2. The average Bonchev–Trinajstić information content (AvgIpc) is 2.54. The molecule has 122 valence electrons. The molecule has 7 nitrogen and oxygen atoms in total. The van der Waals surface area contributed by atoms with Gasteiger partial charge < -0.3 is 11.1 Å². The summed E-state index contributed by atoms with van der Waals surface area (Å²) in [6.07, 6.45) is 1.28. The first-order valence-corrected chi connectivity index (χ1v) is 7.49. The number of nitro groups is 1. The zero-order valence-corrected chi connectivity index (χ0v) is 13.8. The second-order valence-corrected chi connectivity index (χ2v) is 5.56. The summed E-state index contributed by atoms with van der Waals surface area (Å²) in [6, 6.07) is 12.3. The summed E-state index contributed by atoms with van der Waals surface area (Å²) in [7, 11) is 0. The summed E-state index contributed by atoms with van der Waals surface area (Å²) < 4.78 is 0.557. The number of carbonyl (C=O) groups excluding carboxylic acids is 2. The molecule has 0 bridgehead atoms. The maximum absolute atomic E-state index is 12.2. The van der Waals surface area contributed by atoms with Crippen LogP contribution in [0.2, 0.25) is 0 Å². The van der Waals surface area contributed by atoms with Gasteiger partial charge >= 0.3 is 0 Å². The van der Waals surface area contributed by atoms with E-state index in [0.29, 0.717) is 15.6 Å². The largest absolute Gasteiger partial charge is 0.364 e. The van der Waals surface area contributed by atoms with Gasteiger partial charge in [0.15, 0.2) is 0 Å². The summed E-state index contributed by atoms with van der Waals surface area (Å²) >= 11 is 3.24. The third-order valence-corrected chi connectivity index (χ3v) is 3.72. The Morgan fingerprint density at radius 3 is 2.50 bits per heavy atom. The molecule has 0 heterocycles. The van der Waals surface area contributed by atoms with Crippen LogP contribution in [0.25, 0.3) is 6.08 Å². The predicted octanol–water partition coefficient (Wildman–Crippen LogP) is 2.61. The number of nitro benzene ring substituents is 1. The van der Waals surface area contributed by atoms with E-state index in [2.05, 4.69) is 21.2 Å². The third-order valence-electron chi connectivity index (χ3n) is 3.02. The Kier molecular flexibility index (Phi) is 5.43. The van der Waals surface area contributed by atoms with Crippen molar-refractivity contribution in [2.24, 2.45) is 5.73 Å². The average molecular weight is 390 g/mol. The van der Waals surface area contributed by atoms with E-state index in [-0.39, 0.29) is 11.4 Å². The van der Waals surface area contributed by atoms with Crippen LogP contribution < -0.4 is 11.1 Å². The molecular weight excluding hydrogens is 378 g/mol. The first kappa shape index (κ1) is 17.4. The number of non-ortho nitro benzene ring substituents is 1. The topological polar surface area (TPSA) is 115 Å². The summed E-state index contributed by atoms with van der Waals surface area (Å²) in [6.45, 7) is 0. The molecule has 3 N–H and O–H groups in total. The lowest BCUT2D eigenvalue weighted by atomic mass is 10.1. The van der Waals surface area contributed by atoms with E-state index >= 15 is 0 Å². The van der Waals surface area contributed by atoms with Gasteiger partial charge in [0.25, 0.3) is 17.5 Å².